The molecule has 11 heavy (non-hydrogen) atoms. The van der Waals surface area contributed by atoms with E-state index < -0.39 is 16.9 Å². The normalized spacial score (nSPS) is 46.6. The number of rotatable bonds is 1. The molecule has 4 heteroatoms. The van der Waals surface area contributed by atoms with Crippen LogP contribution in [0.3, 0.4) is 0 Å². The minimum absolute atomic E-state index is 0.0893. The molecule has 2 heterocycles. The Morgan fingerprint density at radius 1 is 1.82 bits per heavy atom. The van der Waals surface area contributed by atoms with Crippen molar-refractivity contribution in [1.29, 1.82) is 0 Å². The standard InChI is InChI=1S/C7H7ClO3/c8-7-2-1-4(11-7)3-5(7)6(9)10/h1-2,4-5H,3H2,(H,9,10). The lowest BCUT2D eigenvalue weighted by Gasteiger charge is -2.18. The highest BCUT2D eigenvalue weighted by Gasteiger charge is 2.52. The van der Waals surface area contributed by atoms with Gasteiger partial charge in [0, 0.05) is 0 Å². The summed E-state index contributed by atoms with van der Waals surface area (Å²) in [7, 11) is 0. The van der Waals surface area contributed by atoms with Crippen LogP contribution in [0.1, 0.15) is 6.42 Å². The minimum Gasteiger partial charge on any atom is -0.481 e. The molecule has 0 aromatic rings. The number of ether oxygens (including phenoxy) is 1. The lowest BCUT2D eigenvalue weighted by Crippen LogP contribution is -2.31. The summed E-state index contributed by atoms with van der Waals surface area (Å²) in [6, 6.07) is 0. The van der Waals surface area contributed by atoms with E-state index in [2.05, 4.69) is 0 Å². The van der Waals surface area contributed by atoms with E-state index in [9.17, 15) is 4.79 Å². The third-order valence-corrected chi connectivity index (χ3v) is 2.59. The van der Waals surface area contributed by atoms with Crippen molar-refractivity contribution in [3.05, 3.63) is 12.2 Å². The second-order valence-corrected chi connectivity index (χ2v) is 3.43. The Balaban J connectivity index is 2.29. The minimum atomic E-state index is -1.06. The van der Waals surface area contributed by atoms with Crippen LogP contribution in [0.15, 0.2) is 12.2 Å². The maximum absolute atomic E-state index is 10.6. The maximum atomic E-state index is 10.6. The van der Waals surface area contributed by atoms with Gasteiger partial charge in [-0.05, 0) is 12.5 Å². The molecule has 0 radical (unpaired) electrons. The molecule has 3 atom stereocenters. The van der Waals surface area contributed by atoms with Crippen molar-refractivity contribution in [2.24, 2.45) is 5.92 Å². The molecular weight excluding hydrogens is 168 g/mol. The molecular formula is C7H7ClO3. The van der Waals surface area contributed by atoms with Crippen molar-refractivity contribution in [3.63, 3.8) is 0 Å². The highest BCUT2D eigenvalue weighted by molar-refractivity contribution is 6.26. The molecule has 1 saturated heterocycles. The predicted molar refractivity (Wildman–Crippen MR) is 38.3 cm³/mol. The monoisotopic (exact) mass is 174 g/mol. The van der Waals surface area contributed by atoms with Crippen molar-refractivity contribution < 1.29 is 14.6 Å². The summed E-state index contributed by atoms with van der Waals surface area (Å²) < 4.78 is 5.21. The highest BCUT2D eigenvalue weighted by atomic mass is 35.5. The Morgan fingerprint density at radius 3 is 2.82 bits per heavy atom. The summed E-state index contributed by atoms with van der Waals surface area (Å²) in [5, 5.41) is 7.64. The quantitative estimate of drug-likeness (QED) is 0.476. The molecule has 0 amide bonds. The van der Waals surface area contributed by atoms with E-state index in [1.165, 1.54) is 0 Å². The van der Waals surface area contributed by atoms with Gasteiger partial charge in [-0.25, -0.2) is 0 Å². The van der Waals surface area contributed by atoms with E-state index in [-0.39, 0.29) is 6.10 Å². The van der Waals surface area contributed by atoms with Crippen molar-refractivity contribution in [3.8, 4) is 0 Å². The van der Waals surface area contributed by atoms with E-state index in [0.29, 0.717) is 6.42 Å². The van der Waals surface area contributed by atoms with Crippen molar-refractivity contribution >= 4 is 17.6 Å². The second kappa shape index (κ2) is 1.99. The average Bonchev–Trinajstić information content (AvgIpc) is 2.41. The maximum Gasteiger partial charge on any atom is 0.311 e. The summed E-state index contributed by atoms with van der Waals surface area (Å²) >= 11 is 5.87. The van der Waals surface area contributed by atoms with Crippen LogP contribution in [0.4, 0.5) is 0 Å². The van der Waals surface area contributed by atoms with E-state index >= 15 is 0 Å². The molecule has 0 aromatic carbocycles. The fourth-order valence-corrected chi connectivity index (χ4v) is 1.91. The Labute approximate surface area is 68.6 Å². The molecule has 0 spiro atoms. The summed E-state index contributed by atoms with van der Waals surface area (Å²) in [6.45, 7) is 0. The molecule has 1 N–H and O–H groups in total. The summed E-state index contributed by atoms with van der Waals surface area (Å²) in [6.07, 6.45) is 3.84. The SMILES string of the molecule is O=C(O)C1CC2C=CC1(Cl)O2. The van der Waals surface area contributed by atoms with Gasteiger partial charge in [0.05, 0.1) is 6.10 Å². The molecule has 3 unspecified atom stereocenters. The van der Waals surface area contributed by atoms with Crippen LogP contribution in [0, 0.1) is 5.92 Å². The molecule has 60 valence electrons. The molecule has 1 fully saturated rings. The highest BCUT2D eigenvalue weighted by Crippen LogP contribution is 2.45. The number of hydrogen-bond donors (Lipinski definition) is 1. The first kappa shape index (κ1) is 7.13. The van der Waals surface area contributed by atoms with Gasteiger partial charge in [-0.3, -0.25) is 4.79 Å². The van der Waals surface area contributed by atoms with Crippen molar-refractivity contribution in [1.82, 2.24) is 0 Å². The van der Waals surface area contributed by atoms with Gasteiger partial charge < -0.3 is 9.84 Å². The fraction of sp³-hybridized carbons (Fsp3) is 0.571. The predicted octanol–water partition coefficient (Wildman–Crippen LogP) is 0.981. The summed E-state index contributed by atoms with van der Waals surface area (Å²) in [5.41, 5.74) is 0. The van der Waals surface area contributed by atoms with Crippen LogP contribution in [0.2, 0.25) is 0 Å². The van der Waals surface area contributed by atoms with Gasteiger partial charge in [0.1, 0.15) is 5.92 Å². The Bertz CT molecular complexity index is 238. The van der Waals surface area contributed by atoms with Crippen LogP contribution < -0.4 is 0 Å². The van der Waals surface area contributed by atoms with Crippen LogP contribution in [0.5, 0.6) is 0 Å². The lowest BCUT2D eigenvalue weighted by atomic mass is 9.94. The van der Waals surface area contributed by atoms with E-state index in [0.717, 1.165) is 0 Å². The number of hydrogen-bond acceptors (Lipinski definition) is 2. The van der Waals surface area contributed by atoms with Crippen LogP contribution in [-0.4, -0.2) is 22.2 Å². The second-order valence-electron chi connectivity index (χ2n) is 2.84. The molecule has 0 aromatic heterocycles. The number of carboxylic acids is 1. The first-order valence-electron chi connectivity index (χ1n) is 3.41. The smallest absolute Gasteiger partial charge is 0.311 e. The van der Waals surface area contributed by atoms with E-state index in [4.69, 9.17) is 21.4 Å². The van der Waals surface area contributed by atoms with Crippen molar-refractivity contribution in [2.75, 3.05) is 0 Å². The number of alkyl halides is 1. The van der Waals surface area contributed by atoms with E-state index in [1.54, 1.807) is 6.08 Å². The number of halogens is 1. The summed E-state index contributed by atoms with van der Waals surface area (Å²) in [5.74, 6) is -1.47. The number of fused-ring (bicyclic) bond motifs is 2. The third-order valence-electron chi connectivity index (χ3n) is 2.11. The van der Waals surface area contributed by atoms with Gasteiger partial charge in [0.2, 0.25) is 0 Å². The zero-order valence-electron chi connectivity index (χ0n) is 5.66. The Hall–Kier alpha value is -0.540. The van der Waals surface area contributed by atoms with Crippen LogP contribution >= 0.6 is 11.6 Å². The fourth-order valence-electron chi connectivity index (χ4n) is 1.54. The zero-order valence-corrected chi connectivity index (χ0v) is 6.41. The first-order chi connectivity index (χ1) is 5.12. The van der Waals surface area contributed by atoms with Gasteiger partial charge in [-0.2, -0.15) is 0 Å². The molecule has 3 nitrogen and oxygen atoms in total. The largest absolute Gasteiger partial charge is 0.481 e. The van der Waals surface area contributed by atoms with Gasteiger partial charge >= 0.3 is 5.97 Å². The number of carbonyl (C=O) groups is 1. The van der Waals surface area contributed by atoms with Crippen LogP contribution in [-0.2, 0) is 9.53 Å². The number of carboxylic acid groups (broad SMARTS) is 1. The molecule has 2 aliphatic rings. The molecule has 2 rings (SSSR count). The third kappa shape index (κ3) is 0.880. The van der Waals surface area contributed by atoms with Gasteiger partial charge in [-0.15, -0.1) is 0 Å². The van der Waals surface area contributed by atoms with Crippen molar-refractivity contribution in [2.45, 2.75) is 17.6 Å². The summed E-state index contributed by atoms with van der Waals surface area (Å²) in [4.78, 5) is 10.6. The topological polar surface area (TPSA) is 46.5 Å². The molecule has 0 saturated carbocycles. The van der Waals surface area contributed by atoms with Gasteiger partial charge in [0.15, 0.2) is 5.06 Å². The zero-order chi connectivity index (χ0) is 8.06. The van der Waals surface area contributed by atoms with Gasteiger partial charge in [-0.1, -0.05) is 17.7 Å². The average molecular weight is 175 g/mol. The Kier molecular flexibility index (Phi) is 1.29. The first-order valence-corrected chi connectivity index (χ1v) is 3.78. The molecule has 2 aliphatic heterocycles. The van der Waals surface area contributed by atoms with Crippen LogP contribution in [0.25, 0.3) is 0 Å². The number of aliphatic carboxylic acids is 1. The van der Waals surface area contributed by atoms with E-state index in [1.807, 2.05) is 6.08 Å². The van der Waals surface area contributed by atoms with Gasteiger partial charge in [0.25, 0.3) is 0 Å². The Morgan fingerprint density at radius 2 is 2.55 bits per heavy atom. The molecule has 0 aliphatic carbocycles. The molecule has 2 bridgehead atoms. The lowest BCUT2D eigenvalue weighted by molar-refractivity contribution is -0.143.